The molecule has 0 atom stereocenters. The first-order valence-corrected chi connectivity index (χ1v) is 6.64. The number of hydrogen-bond acceptors (Lipinski definition) is 1. The van der Waals surface area contributed by atoms with Crippen molar-refractivity contribution in [1.82, 2.24) is 0 Å². The zero-order chi connectivity index (χ0) is 12.0. The highest BCUT2D eigenvalue weighted by atomic mass is 35.5. The monoisotopic (exact) mass is 239 g/mol. The van der Waals surface area contributed by atoms with Crippen LogP contribution in [0.3, 0.4) is 0 Å². The Kier molecular flexibility index (Phi) is 5.68. The molecule has 0 unspecified atom stereocenters. The molecule has 0 saturated carbocycles. The van der Waals surface area contributed by atoms with Crippen LogP contribution in [-0.4, -0.2) is 0 Å². The van der Waals surface area contributed by atoms with Gasteiger partial charge >= 0.3 is 0 Å². The number of hydrogen-bond donors (Lipinski definition) is 1. The van der Waals surface area contributed by atoms with Crippen LogP contribution in [0.2, 0.25) is 5.02 Å². The molecule has 0 aromatic heterocycles. The molecular formula is C14H22ClN. The second kappa shape index (κ2) is 6.80. The molecule has 0 radical (unpaired) electrons. The molecule has 0 spiro atoms. The van der Waals surface area contributed by atoms with E-state index in [2.05, 4.69) is 19.9 Å². The van der Waals surface area contributed by atoms with Crippen LogP contribution in [0.4, 0.5) is 5.69 Å². The minimum Gasteiger partial charge on any atom is -0.397 e. The largest absolute Gasteiger partial charge is 0.397 e. The SMILES string of the molecule is CCCCc1ccc(Cl)c(N)c1CCCC. The van der Waals surface area contributed by atoms with E-state index in [4.69, 9.17) is 17.3 Å². The summed E-state index contributed by atoms with van der Waals surface area (Å²) in [6.07, 6.45) is 7.00. The highest BCUT2D eigenvalue weighted by molar-refractivity contribution is 6.33. The highest BCUT2D eigenvalue weighted by Crippen LogP contribution is 2.28. The molecule has 2 N–H and O–H groups in total. The van der Waals surface area contributed by atoms with Gasteiger partial charge in [-0.1, -0.05) is 44.4 Å². The lowest BCUT2D eigenvalue weighted by Gasteiger charge is -2.13. The number of aryl methyl sites for hydroxylation is 1. The van der Waals surface area contributed by atoms with Gasteiger partial charge in [0.25, 0.3) is 0 Å². The standard InChI is InChI=1S/C14H22ClN/c1-3-5-7-11-9-10-13(15)14(16)12(11)8-6-4-2/h9-10H,3-8,16H2,1-2H3. The van der Waals surface area contributed by atoms with Gasteiger partial charge in [-0.3, -0.25) is 0 Å². The lowest BCUT2D eigenvalue weighted by atomic mass is 9.96. The fourth-order valence-electron chi connectivity index (χ4n) is 1.93. The van der Waals surface area contributed by atoms with Crippen LogP contribution < -0.4 is 5.73 Å². The minimum absolute atomic E-state index is 0.700. The van der Waals surface area contributed by atoms with Gasteiger partial charge in [-0.15, -0.1) is 0 Å². The molecule has 0 bridgehead atoms. The minimum atomic E-state index is 0.700. The number of benzene rings is 1. The molecule has 0 amide bonds. The molecule has 90 valence electrons. The summed E-state index contributed by atoms with van der Waals surface area (Å²) in [7, 11) is 0. The zero-order valence-electron chi connectivity index (χ0n) is 10.4. The third-order valence-corrected chi connectivity index (χ3v) is 3.31. The van der Waals surface area contributed by atoms with Crippen molar-refractivity contribution in [2.75, 3.05) is 5.73 Å². The lowest BCUT2D eigenvalue weighted by molar-refractivity contribution is 0.759. The predicted octanol–water partition coefficient (Wildman–Crippen LogP) is 4.61. The second-order valence-electron chi connectivity index (χ2n) is 4.31. The summed E-state index contributed by atoms with van der Waals surface area (Å²) in [4.78, 5) is 0. The average Bonchev–Trinajstić information content (AvgIpc) is 2.29. The number of nitrogen functional groups attached to an aromatic ring is 1. The fraction of sp³-hybridized carbons (Fsp3) is 0.571. The molecule has 0 heterocycles. The molecule has 2 heteroatoms. The van der Waals surface area contributed by atoms with Gasteiger partial charge in [0.1, 0.15) is 0 Å². The van der Waals surface area contributed by atoms with Gasteiger partial charge < -0.3 is 5.73 Å². The van der Waals surface area contributed by atoms with E-state index in [-0.39, 0.29) is 0 Å². The molecule has 0 fully saturated rings. The van der Waals surface area contributed by atoms with Crippen molar-refractivity contribution in [2.45, 2.75) is 52.4 Å². The van der Waals surface area contributed by atoms with Crippen molar-refractivity contribution in [3.63, 3.8) is 0 Å². The number of halogens is 1. The van der Waals surface area contributed by atoms with Gasteiger partial charge in [-0.2, -0.15) is 0 Å². The summed E-state index contributed by atoms with van der Waals surface area (Å²) in [5.74, 6) is 0. The predicted molar refractivity (Wildman–Crippen MR) is 73.1 cm³/mol. The number of anilines is 1. The van der Waals surface area contributed by atoms with E-state index < -0.39 is 0 Å². The Morgan fingerprint density at radius 2 is 1.69 bits per heavy atom. The van der Waals surface area contributed by atoms with Crippen molar-refractivity contribution in [3.8, 4) is 0 Å². The lowest BCUT2D eigenvalue weighted by Crippen LogP contribution is -2.01. The van der Waals surface area contributed by atoms with E-state index in [1.807, 2.05) is 6.07 Å². The van der Waals surface area contributed by atoms with Crippen LogP contribution >= 0.6 is 11.6 Å². The Bertz CT molecular complexity index is 334. The molecule has 0 aliphatic heterocycles. The van der Waals surface area contributed by atoms with Crippen molar-refractivity contribution < 1.29 is 0 Å². The summed E-state index contributed by atoms with van der Waals surface area (Å²) < 4.78 is 0. The Morgan fingerprint density at radius 1 is 1.06 bits per heavy atom. The molecule has 16 heavy (non-hydrogen) atoms. The second-order valence-corrected chi connectivity index (χ2v) is 4.71. The summed E-state index contributed by atoms with van der Waals surface area (Å²) in [5, 5.41) is 0.700. The van der Waals surface area contributed by atoms with Crippen LogP contribution in [0.5, 0.6) is 0 Å². The summed E-state index contributed by atoms with van der Waals surface area (Å²) in [6, 6.07) is 4.07. The average molecular weight is 240 g/mol. The van der Waals surface area contributed by atoms with Gasteiger partial charge in [-0.25, -0.2) is 0 Å². The molecule has 0 aliphatic carbocycles. The van der Waals surface area contributed by atoms with Crippen LogP contribution in [0.15, 0.2) is 12.1 Å². The van der Waals surface area contributed by atoms with Crippen LogP contribution in [0.25, 0.3) is 0 Å². The van der Waals surface area contributed by atoms with Crippen molar-refractivity contribution in [1.29, 1.82) is 0 Å². The maximum absolute atomic E-state index is 6.07. The molecule has 1 aromatic rings. The van der Waals surface area contributed by atoms with Gasteiger partial charge in [-0.05, 0) is 42.9 Å². The van der Waals surface area contributed by atoms with Crippen LogP contribution in [-0.2, 0) is 12.8 Å². The first kappa shape index (κ1) is 13.4. The number of rotatable bonds is 6. The van der Waals surface area contributed by atoms with Crippen molar-refractivity contribution in [2.24, 2.45) is 0 Å². The van der Waals surface area contributed by atoms with E-state index in [1.165, 1.54) is 36.8 Å². The van der Waals surface area contributed by atoms with Gasteiger partial charge in [0.2, 0.25) is 0 Å². The number of nitrogens with two attached hydrogens (primary N) is 1. The van der Waals surface area contributed by atoms with Gasteiger partial charge in [0.05, 0.1) is 10.7 Å². The molecule has 1 nitrogen and oxygen atoms in total. The van der Waals surface area contributed by atoms with E-state index >= 15 is 0 Å². The fourth-order valence-corrected chi connectivity index (χ4v) is 2.11. The Labute approximate surface area is 104 Å². The Hall–Kier alpha value is -0.690. The van der Waals surface area contributed by atoms with E-state index in [1.54, 1.807) is 0 Å². The summed E-state index contributed by atoms with van der Waals surface area (Å²) in [5.41, 5.74) is 9.53. The molecule has 1 rings (SSSR count). The first-order valence-electron chi connectivity index (χ1n) is 6.26. The molecule has 1 aromatic carbocycles. The van der Waals surface area contributed by atoms with Crippen LogP contribution in [0.1, 0.15) is 50.7 Å². The Morgan fingerprint density at radius 3 is 2.31 bits per heavy atom. The highest BCUT2D eigenvalue weighted by Gasteiger charge is 2.08. The maximum Gasteiger partial charge on any atom is 0.0638 e. The van der Waals surface area contributed by atoms with Crippen molar-refractivity contribution >= 4 is 17.3 Å². The molecular weight excluding hydrogens is 218 g/mol. The van der Waals surface area contributed by atoms with E-state index in [0.717, 1.165) is 18.5 Å². The Balaban J connectivity index is 2.91. The quantitative estimate of drug-likeness (QED) is 0.721. The third-order valence-electron chi connectivity index (χ3n) is 2.98. The van der Waals surface area contributed by atoms with Crippen molar-refractivity contribution in [3.05, 3.63) is 28.3 Å². The smallest absolute Gasteiger partial charge is 0.0638 e. The van der Waals surface area contributed by atoms with Gasteiger partial charge in [0.15, 0.2) is 0 Å². The van der Waals surface area contributed by atoms with Crippen LogP contribution in [0, 0.1) is 0 Å². The third kappa shape index (κ3) is 3.41. The molecule has 0 aliphatic rings. The topological polar surface area (TPSA) is 26.0 Å². The first-order chi connectivity index (χ1) is 7.70. The maximum atomic E-state index is 6.07. The zero-order valence-corrected chi connectivity index (χ0v) is 11.1. The normalized spacial score (nSPS) is 10.7. The van der Waals surface area contributed by atoms with Gasteiger partial charge in [0, 0.05) is 0 Å². The number of unbranched alkanes of at least 4 members (excludes halogenated alkanes) is 2. The van der Waals surface area contributed by atoms with E-state index in [0.29, 0.717) is 5.02 Å². The van der Waals surface area contributed by atoms with E-state index in [9.17, 15) is 0 Å². The summed E-state index contributed by atoms with van der Waals surface area (Å²) >= 11 is 6.07. The summed E-state index contributed by atoms with van der Waals surface area (Å²) in [6.45, 7) is 4.41. The molecule has 0 saturated heterocycles.